The van der Waals surface area contributed by atoms with E-state index in [1.54, 1.807) is 7.11 Å². The van der Waals surface area contributed by atoms with Gasteiger partial charge in [0.25, 0.3) is 0 Å². The third kappa shape index (κ3) is 2.82. The Morgan fingerprint density at radius 1 is 1.36 bits per heavy atom. The van der Waals surface area contributed by atoms with E-state index >= 15 is 0 Å². The number of rotatable bonds is 5. The lowest BCUT2D eigenvalue weighted by Crippen LogP contribution is -2.15. The maximum absolute atomic E-state index is 5.76. The molecule has 1 aromatic rings. The fourth-order valence-electron chi connectivity index (χ4n) is 1.71. The van der Waals surface area contributed by atoms with Gasteiger partial charge in [-0.15, -0.1) is 0 Å². The molecular formula is C12H19NO. The van der Waals surface area contributed by atoms with E-state index in [9.17, 15) is 0 Å². The molecule has 0 spiro atoms. The summed E-state index contributed by atoms with van der Waals surface area (Å²) in [5.74, 6) is 0.427. The first kappa shape index (κ1) is 11.2. The summed E-state index contributed by atoms with van der Waals surface area (Å²) in [6.45, 7) is 3.59. The Hall–Kier alpha value is -0.860. The second kappa shape index (κ2) is 5.78. The van der Waals surface area contributed by atoms with E-state index in [0.29, 0.717) is 12.5 Å². The third-order valence-corrected chi connectivity index (χ3v) is 2.58. The van der Waals surface area contributed by atoms with Crippen molar-refractivity contribution < 1.29 is 4.74 Å². The summed E-state index contributed by atoms with van der Waals surface area (Å²) in [5.41, 5.74) is 8.43. The Kier molecular flexibility index (Phi) is 4.63. The van der Waals surface area contributed by atoms with Gasteiger partial charge in [-0.25, -0.2) is 0 Å². The molecule has 0 saturated carbocycles. The maximum atomic E-state index is 5.76. The number of nitrogens with two attached hydrogens (primary N) is 1. The molecule has 0 heterocycles. The summed E-state index contributed by atoms with van der Waals surface area (Å²) in [6, 6.07) is 8.41. The van der Waals surface area contributed by atoms with Crippen molar-refractivity contribution in [3.05, 3.63) is 35.4 Å². The van der Waals surface area contributed by atoms with E-state index in [1.165, 1.54) is 11.1 Å². The molecule has 1 unspecified atom stereocenters. The van der Waals surface area contributed by atoms with Gasteiger partial charge < -0.3 is 10.5 Å². The van der Waals surface area contributed by atoms with Gasteiger partial charge in [0.15, 0.2) is 0 Å². The molecule has 2 nitrogen and oxygen atoms in total. The zero-order valence-corrected chi connectivity index (χ0v) is 8.99. The first-order chi connectivity index (χ1) is 6.79. The summed E-state index contributed by atoms with van der Waals surface area (Å²) in [6.07, 6.45) is 0.998. The molecule has 0 radical (unpaired) electrons. The van der Waals surface area contributed by atoms with Crippen molar-refractivity contribution in [3.63, 3.8) is 0 Å². The van der Waals surface area contributed by atoms with Gasteiger partial charge in [0, 0.05) is 13.7 Å². The summed E-state index contributed by atoms with van der Waals surface area (Å²) in [5, 5.41) is 0. The molecule has 0 bridgehead atoms. The average Bonchev–Trinajstić information content (AvgIpc) is 2.21. The molecule has 1 atom stereocenters. The van der Waals surface area contributed by atoms with E-state index in [1.807, 2.05) is 0 Å². The lowest BCUT2D eigenvalue weighted by molar-refractivity contribution is 0.188. The molecular weight excluding hydrogens is 174 g/mol. The number of benzene rings is 1. The van der Waals surface area contributed by atoms with Crippen LogP contribution in [0.4, 0.5) is 0 Å². The largest absolute Gasteiger partial charge is 0.385 e. The number of methoxy groups -OCH3 is 1. The molecule has 0 fully saturated rings. The van der Waals surface area contributed by atoms with E-state index in [0.717, 1.165) is 13.0 Å². The molecule has 0 aromatic heterocycles. The van der Waals surface area contributed by atoms with Crippen molar-refractivity contribution >= 4 is 0 Å². The zero-order chi connectivity index (χ0) is 10.4. The first-order valence-electron chi connectivity index (χ1n) is 5.04. The predicted molar refractivity (Wildman–Crippen MR) is 59.5 cm³/mol. The smallest absolute Gasteiger partial charge is 0.0468 e. The first-order valence-corrected chi connectivity index (χ1v) is 5.04. The monoisotopic (exact) mass is 193 g/mol. The Balaban J connectivity index is 2.73. The fraction of sp³-hybridized carbons (Fsp3) is 0.500. The lowest BCUT2D eigenvalue weighted by atomic mass is 9.92. The van der Waals surface area contributed by atoms with E-state index in [2.05, 4.69) is 31.2 Å². The highest BCUT2D eigenvalue weighted by molar-refractivity contribution is 5.29. The topological polar surface area (TPSA) is 35.2 Å². The van der Waals surface area contributed by atoms with Crippen LogP contribution in [-0.4, -0.2) is 20.3 Å². The molecule has 0 saturated heterocycles. The third-order valence-electron chi connectivity index (χ3n) is 2.58. The Labute approximate surface area is 86.1 Å². The molecule has 2 heteroatoms. The molecule has 14 heavy (non-hydrogen) atoms. The molecule has 78 valence electrons. The predicted octanol–water partition coefficient (Wildman–Crippen LogP) is 2.07. The van der Waals surface area contributed by atoms with Crippen molar-refractivity contribution in [3.8, 4) is 0 Å². The van der Waals surface area contributed by atoms with Gasteiger partial charge in [0.05, 0.1) is 0 Å². The fourth-order valence-corrected chi connectivity index (χ4v) is 1.71. The van der Waals surface area contributed by atoms with Crippen LogP contribution in [0.1, 0.15) is 23.5 Å². The standard InChI is InChI=1S/C12H19NO/c1-10-5-3-4-6-12(10)11(9-13)7-8-14-2/h3-6,11H,7-9,13H2,1-2H3. The molecule has 2 N–H and O–H groups in total. The van der Waals surface area contributed by atoms with Crippen LogP contribution in [-0.2, 0) is 4.74 Å². The molecule has 0 aliphatic heterocycles. The van der Waals surface area contributed by atoms with Crippen LogP contribution < -0.4 is 5.73 Å². The molecule has 0 aliphatic rings. The second-order valence-electron chi connectivity index (χ2n) is 3.57. The minimum absolute atomic E-state index is 0.427. The lowest BCUT2D eigenvalue weighted by Gasteiger charge is -2.16. The zero-order valence-electron chi connectivity index (χ0n) is 8.99. The maximum Gasteiger partial charge on any atom is 0.0468 e. The van der Waals surface area contributed by atoms with E-state index in [-0.39, 0.29) is 0 Å². The van der Waals surface area contributed by atoms with Crippen molar-refractivity contribution in [1.29, 1.82) is 0 Å². The van der Waals surface area contributed by atoms with Crippen molar-refractivity contribution in [2.75, 3.05) is 20.3 Å². The number of hydrogen-bond acceptors (Lipinski definition) is 2. The van der Waals surface area contributed by atoms with Crippen molar-refractivity contribution in [2.24, 2.45) is 5.73 Å². The van der Waals surface area contributed by atoms with Crippen LogP contribution >= 0.6 is 0 Å². The van der Waals surface area contributed by atoms with Gasteiger partial charge in [-0.1, -0.05) is 24.3 Å². The minimum Gasteiger partial charge on any atom is -0.385 e. The highest BCUT2D eigenvalue weighted by Gasteiger charge is 2.10. The van der Waals surface area contributed by atoms with Gasteiger partial charge in [-0.3, -0.25) is 0 Å². The highest BCUT2D eigenvalue weighted by atomic mass is 16.5. The van der Waals surface area contributed by atoms with E-state index < -0.39 is 0 Å². The van der Waals surface area contributed by atoms with Gasteiger partial charge in [0.2, 0.25) is 0 Å². The van der Waals surface area contributed by atoms with Gasteiger partial charge >= 0.3 is 0 Å². The van der Waals surface area contributed by atoms with Gasteiger partial charge in [-0.2, -0.15) is 0 Å². The van der Waals surface area contributed by atoms with Crippen LogP contribution in [0.25, 0.3) is 0 Å². The van der Waals surface area contributed by atoms with Crippen LogP contribution in [0.5, 0.6) is 0 Å². The Morgan fingerprint density at radius 2 is 2.07 bits per heavy atom. The second-order valence-corrected chi connectivity index (χ2v) is 3.57. The summed E-state index contributed by atoms with van der Waals surface area (Å²) in [7, 11) is 1.73. The Bertz CT molecular complexity index is 273. The molecule has 1 rings (SSSR count). The summed E-state index contributed by atoms with van der Waals surface area (Å²) in [4.78, 5) is 0. The SMILES string of the molecule is COCCC(CN)c1ccccc1C. The van der Waals surface area contributed by atoms with Gasteiger partial charge in [0.1, 0.15) is 0 Å². The molecule has 1 aromatic carbocycles. The summed E-state index contributed by atoms with van der Waals surface area (Å²) < 4.78 is 5.08. The van der Waals surface area contributed by atoms with Crippen molar-refractivity contribution in [1.82, 2.24) is 0 Å². The summed E-state index contributed by atoms with van der Waals surface area (Å²) >= 11 is 0. The number of aryl methyl sites for hydroxylation is 1. The molecule has 0 aliphatic carbocycles. The normalized spacial score (nSPS) is 12.8. The van der Waals surface area contributed by atoms with Crippen LogP contribution in [0.15, 0.2) is 24.3 Å². The van der Waals surface area contributed by atoms with E-state index in [4.69, 9.17) is 10.5 Å². The minimum atomic E-state index is 0.427. The van der Waals surface area contributed by atoms with Crippen LogP contribution in [0.2, 0.25) is 0 Å². The van der Waals surface area contributed by atoms with Crippen LogP contribution in [0, 0.1) is 6.92 Å². The molecule has 0 amide bonds. The van der Waals surface area contributed by atoms with Crippen molar-refractivity contribution in [2.45, 2.75) is 19.3 Å². The van der Waals surface area contributed by atoms with Gasteiger partial charge in [-0.05, 0) is 36.9 Å². The number of ether oxygens (including phenoxy) is 1. The van der Waals surface area contributed by atoms with Crippen LogP contribution in [0.3, 0.4) is 0 Å². The highest BCUT2D eigenvalue weighted by Crippen LogP contribution is 2.21. The number of hydrogen-bond donors (Lipinski definition) is 1. The Morgan fingerprint density at radius 3 is 2.64 bits per heavy atom. The average molecular weight is 193 g/mol. The quantitative estimate of drug-likeness (QED) is 0.777.